The summed E-state index contributed by atoms with van der Waals surface area (Å²) in [7, 11) is -7.40. The molecule has 1 saturated heterocycles. The van der Waals surface area contributed by atoms with Gasteiger partial charge in [0.15, 0.2) is 12.7 Å². The van der Waals surface area contributed by atoms with Crippen molar-refractivity contribution in [3.8, 4) is 0 Å². The predicted octanol–water partition coefficient (Wildman–Crippen LogP) is -0.214. The van der Waals surface area contributed by atoms with Crippen molar-refractivity contribution < 1.29 is 38.4 Å². The Labute approximate surface area is 242 Å². The van der Waals surface area contributed by atoms with Crippen molar-refractivity contribution in [3.63, 3.8) is 0 Å². The number of halogens is 1. The number of rotatable bonds is 7. The first kappa shape index (κ1) is 30.4. The summed E-state index contributed by atoms with van der Waals surface area (Å²) in [6.07, 6.45) is 2.17. The molecule has 1 heterocycles. The molecule has 1 aliphatic rings. The smallest absolute Gasteiger partial charge is 0.258 e. The summed E-state index contributed by atoms with van der Waals surface area (Å²) < 4.78 is 39.6. The second-order valence-corrected chi connectivity index (χ2v) is 13.2. The molecule has 0 unspecified atom stereocenters. The van der Waals surface area contributed by atoms with E-state index in [1.54, 1.807) is 0 Å². The van der Waals surface area contributed by atoms with Crippen LogP contribution in [0.25, 0.3) is 0 Å². The molecular weight excluding hydrogens is 563 g/mol. The highest BCUT2D eigenvalue weighted by atomic mass is 35.7. The van der Waals surface area contributed by atoms with Crippen molar-refractivity contribution in [2.24, 2.45) is 0 Å². The molecule has 212 valence electrons. The van der Waals surface area contributed by atoms with Gasteiger partial charge >= 0.3 is 0 Å². The van der Waals surface area contributed by atoms with Crippen molar-refractivity contribution in [3.05, 3.63) is 139 Å². The van der Waals surface area contributed by atoms with E-state index in [2.05, 4.69) is 89.2 Å². The lowest BCUT2D eigenvalue weighted by Crippen LogP contribution is -2.68. The third-order valence-corrected chi connectivity index (χ3v) is 10.6. The van der Waals surface area contributed by atoms with E-state index in [0.717, 1.165) is 18.5 Å². The quantitative estimate of drug-likeness (QED) is 0.293. The molecule has 1 N–H and O–H groups in total. The number of carbonyl (C=O) groups is 1. The van der Waals surface area contributed by atoms with Gasteiger partial charge in [0.25, 0.3) is 5.91 Å². The van der Waals surface area contributed by atoms with E-state index in [1.165, 1.54) is 15.9 Å². The number of amides is 1. The fourth-order valence-electron chi connectivity index (χ4n) is 4.68. The lowest BCUT2D eigenvalue weighted by molar-refractivity contribution is -2.00. The normalized spacial score (nSPS) is 14.0. The van der Waals surface area contributed by atoms with Crippen molar-refractivity contribution in [2.75, 3.05) is 26.3 Å². The van der Waals surface area contributed by atoms with E-state index >= 15 is 0 Å². The molecule has 1 aliphatic heterocycles. The van der Waals surface area contributed by atoms with Gasteiger partial charge in [0.05, 0.1) is 19.4 Å². The molecule has 1 fully saturated rings. The minimum absolute atomic E-state index is 0.109. The first-order chi connectivity index (χ1) is 19.8. The largest absolute Gasteiger partial charge is 0.378 e. The van der Waals surface area contributed by atoms with Crippen LogP contribution in [0.2, 0.25) is 0 Å². The van der Waals surface area contributed by atoms with Gasteiger partial charge in [-0.2, -0.15) is 0 Å². The highest BCUT2D eigenvalue weighted by Crippen LogP contribution is 2.61. The number of nitrogens with zero attached hydrogens (tertiary/aromatic N) is 1. The monoisotopic (exact) mass is 592 g/mol. The van der Waals surface area contributed by atoms with Crippen LogP contribution in [0.5, 0.6) is 0 Å². The fraction of sp³-hybridized carbons (Fsp3) is 0.129. The number of benzene rings is 4. The maximum Gasteiger partial charge on any atom is 0.258 e. The zero-order valence-corrected chi connectivity index (χ0v) is 23.8. The van der Waals surface area contributed by atoms with Gasteiger partial charge in [-0.05, 0) is 48.5 Å². The zero-order valence-electron chi connectivity index (χ0n) is 22.2. The van der Waals surface area contributed by atoms with Gasteiger partial charge in [-0.3, -0.25) is 10.1 Å². The van der Waals surface area contributed by atoms with Crippen LogP contribution < -0.4 is 39.9 Å². The molecule has 4 aromatic carbocycles. The van der Waals surface area contributed by atoms with Crippen molar-refractivity contribution in [1.29, 1.82) is 0 Å². The number of carbonyl (C=O) groups excluding carboxylic acids is 1. The fourth-order valence-corrected chi connectivity index (χ4v) is 8.87. The Balaban J connectivity index is 0.000000714. The van der Waals surface area contributed by atoms with Gasteiger partial charge in [0, 0.05) is 18.7 Å². The molecule has 1 amide bonds. The van der Waals surface area contributed by atoms with Gasteiger partial charge in [-0.25, -0.2) is 18.6 Å². The van der Waals surface area contributed by atoms with E-state index in [9.17, 15) is 4.79 Å². The molecule has 10 heteroatoms. The Bertz CT molecular complexity index is 1300. The minimum atomic E-state index is -4.94. The average Bonchev–Trinajstić information content (AvgIpc) is 2.99. The van der Waals surface area contributed by atoms with Crippen molar-refractivity contribution in [2.45, 2.75) is 0 Å². The van der Waals surface area contributed by atoms with E-state index < -0.39 is 17.5 Å². The standard InChI is InChI=1S/C31H29N2O2P.ClHO4/c34-31(26-13-5-1-6-14-26)32-30(25-33-21-23-35-24-22-33)36(27-15-7-2-8-16-27,28-17-9-3-10-18-28)29-19-11-4-12-20-29;2-1(3,4)5/h1-20,25H,21-24H2;(H,2,3,4,5). The third-order valence-electron chi connectivity index (χ3n) is 6.42. The molecule has 0 spiro atoms. The second kappa shape index (κ2) is 14.3. The van der Waals surface area contributed by atoms with Crippen molar-refractivity contribution in [1.82, 2.24) is 10.2 Å². The summed E-state index contributed by atoms with van der Waals surface area (Å²) in [6, 6.07) is 41.2. The molecule has 0 saturated carbocycles. The highest BCUT2D eigenvalue weighted by molar-refractivity contribution is 7.99. The van der Waals surface area contributed by atoms with E-state index in [4.69, 9.17) is 23.4 Å². The van der Waals surface area contributed by atoms with Crippen LogP contribution in [0.3, 0.4) is 0 Å². The van der Waals surface area contributed by atoms with Crippen LogP contribution in [0, 0.1) is 10.2 Å². The number of nitrogens with one attached hydrogen (secondary N) is 1. The Kier molecular flexibility index (Phi) is 10.6. The van der Waals surface area contributed by atoms with Gasteiger partial charge in [-0.15, -0.1) is 10.2 Å². The highest BCUT2D eigenvalue weighted by Gasteiger charge is 2.51. The molecule has 8 nitrogen and oxygen atoms in total. The lowest BCUT2D eigenvalue weighted by atomic mass is 10.2. The molecule has 41 heavy (non-hydrogen) atoms. The summed E-state index contributed by atoms with van der Waals surface area (Å²) in [4.78, 5) is 15.9. The first-order valence-corrected chi connectivity index (χ1v) is 15.9. The second-order valence-electron chi connectivity index (χ2n) is 9.04. The molecule has 0 aliphatic carbocycles. The summed E-state index contributed by atoms with van der Waals surface area (Å²) >= 11 is 0. The van der Waals surface area contributed by atoms with Gasteiger partial charge < -0.3 is 9.64 Å². The Hall–Kier alpha value is -3.59. The van der Waals surface area contributed by atoms with Gasteiger partial charge in [0.2, 0.25) is 0 Å². The number of hydrogen-bond donors (Lipinski definition) is 1. The number of ether oxygens (including phenoxy) is 1. The number of hydrogen-bond acceptors (Lipinski definition) is 7. The van der Waals surface area contributed by atoms with E-state index in [0.29, 0.717) is 18.8 Å². The summed E-state index contributed by atoms with van der Waals surface area (Å²) in [5.74, 6) is -0.109. The summed E-state index contributed by atoms with van der Waals surface area (Å²) in [6.45, 7) is 2.90. The van der Waals surface area contributed by atoms with Gasteiger partial charge in [0.1, 0.15) is 15.9 Å². The molecular formula is C31H30ClN2O6P. The van der Waals surface area contributed by atoms with Crippen LogP contribution in [-0.4, -0.2) is 37.1 Å². The Morgan fingerprint density at radius 2 is 1.05 bits per heavy atom. The van der Waals surface area contributed by atoms with Crippen LogP contribution in [-0.2, 0) is 4.74 Å². The maximum absolute atomic E-state index is 13.7. The molecule has 5 rings (SSSR count). The van der Waals surface area contributed by atoms with Gasteiger partial charge in [-0.1, -0.05) is 72.8 Å². The Morgan fingerprint density at radius 1 is 0.683 bits per heavy atom. The lowest BCUT2D eigenvalue weighted by Gasteiger charge is -2.32. The van der Waals surface area contributed by atoms with Crippen LogP contribution in [0.4, 0.5) is 0 Å². The SMILES string of the molecule is O=C(NC(=CN1CCOCC1)[P+](c1ccccc1)(c1ccccc1)c1ccccc1)c1ccccc1.[O-][Cl+3]([O-])([O-])[O-]. The van der Waals surface area contributed by atoms with Crippen molar-refractivity contribution >= 4 is 29.1 Å². The van der Waals surface area contributed by atoms with Crippen LogP contribution in [0.15, 0.2) is 133 Å². The molecule has 0 radical (unpaired) electrons. The maximum atomic E-state index is 13.7. The first-order valence-electron chi connectivity index (χ1n) is 12.9. The van der Waals surface area contributed by atoms with Crippen LogP contribution in [0.1, 0.15) is 10.4 Å². The Morgan fingerprint density at radius 3 is 1.44 bits per heavy atom. The average molecular weight is 593 g/mol. The topological polar surface area (TPSA) is 134 Å². The zero-order chi connectivity index (χ0) is 29.1. The molecule has 0 bridgehead atoms. The molecule has 0 aromatic heterocycles. The number of morpholine rings is 1. The van der Waals surface area contributed by atoms with E-state index in [1.807, 2.05) is 48.5 Å². The molecule has 0 atom stereocenters. The molecule has 4 aromatic rings. The van der Waals surface area contributed by atoms with E-state index in [-0.39, 0.29) is 5.91 Å². The minimum Gasteiger partial charge on any atom is -0.378 e. The third kappa shape index (κ3) is 8.22. The summed E-state index contributed by atoms with van der Waals surface area (Å²) in [5.41, 5.74) is 1.56. The van der Waals surface area contributed by atoms with Crippen LogP contribution >= 0.6 is 7.26 Å². The summed E-state index contributed by atoms with van der Waals surface area (Å²) in [5, 5.41) is 6.98. The predicted molar refractivity (Wildman–Crippen MR) is 150 cm³/mol.